The van der Waals surface area contributed by atoms with Crippen LogP contribution in [0, 0.1) is 0 Å². The minimum atomic E-state index is -0.0331. The number of rotatable bonds is 3. The molecule has 44 heavy (non-hydrogen) atoms. The zero-order valence-corrected chi connectivity index (χ0v) is 23.8. The molecule has 0 fully saturated rings. The lowest BCUT2D eigenvalue weighted by molar-refractivity contribution is 1.00. The number of para-hydroxylation sites is 1. The highest BCUT2D eigenvalue weighted by molar-refractivity contribution is 6.25. The third kappa shape index (κ3) is 3.53. The Morgan fingerprint density at radius 3 is 1.55 bits per heavy atom. The summed E-state index contributed by atoms with van der Waals surface area (Å²) in [5.74, 6) is 0. The van der Waals surface area contributed by atoms with Crippen LogP contribution in [0.2, 0.25) is 0 Å². The molecule has 206 valence electrons. The summed E-state index contributed by atoms with van der Waals surface area (Å²) in [5, 5.41) is 7.83. The standard InChI is InChI=1S/C41H26N2O/c44-41-35-21-11-12-22-38(35)43-39(26-36(27-13-3-1-4-14-27)40(43)28-15-5-2-6-16-28)42(41)29-23-24-34-32-19-8-7-17-30(32)31-18-9-10-20-33(31)37(34)25-29/h1-26H. The second-order valence-electron chi connectivity index (χ2n) is 11.3. The number of benzene rings is 7. The molecule has 0 N–H and O–H groups in total. The number of aromatic nitrogens is 2. The van der Waals surface area contributed by atoms with Crippen LogP contribution in [-0.2, 0) is 0 Å². The van der Waals surface area contributed by atoms with Crippen molar-refractivity contribution in [1.82, 2.24) is 8.97 Å². The summed E-state index contributed by atoms with van der Waals surface area (Å²) >= 11 is 0. The molecule has 0 atom stereocenters. The van der Waals surface area contributed by atoms with Crippen LogP contribution in [0.25, 0.3) is 76.9 Å². The molecule has 0 saturated heterocycles. The second kappa shape index (κ2) is 9.55. The summed E-state index contributed by atoms with van der Waals surface area (Å²) in [7, 11) is 0. The quantitative estimate of drug-likeness (QED) is 0.197. The Morgan fingerprint density at radius 2 is 0.909 bits per heavy atom. The molecule has 3 nitrogen and oxygen atoms in total. The van der Waals surface area contributed by atoms with Gasteiger partial charge in [0.15, 0.2) is 0 Å². The maximum Gasteiger partial charge on any atom is 0.266 e. The van der Waals surface area contributed by atoms with Gasteiger partial charge in [-0.1, -0.05) is 127 Å². The molecule has 2 heterocycles. The highest BCUT2D eigenvalue weighted by atomic mass is 16.1. The van der Waals surface area contributed by atoms with Crippen LogP contribution in [0.1, 0.15) is 0 Å². The summed E-state index contributed by atoms with van der Waals surface area (Å²) in [6.07, 6.45) is 0. The predicted octanol–water partition coefficient (Wildman–Crippen LogP) is 10.0. The van der Waals surface area contributed by atoms with E-state index in [1.807, 2.05) is 34.9 Å². The second-order valence-corrected chi connectivity index (χ2v) is 11.3. The molecule has 7 aromatic carbocycles. The van der Waals surface area contributed by atoms with E-state index in [0.717, 1.165) is 44.6 Å². The highest BCUT2D eigenvalue weighted by Crippen LogP contribution is 2.39. The first-order valence-electron chi connectivity index (χ1n) is 14.9. The first kappa shape index (κ1) is 24.6. The van der Waals surface area contributed by atoms with Gasteiger partial charge in [-0.15, -0.1) is 0 Å². The van der Waals surface area contributed by atoms with E-state index in [1.54, 1.807) is 0 Å². The third-order valence-electron chi connectivity index (χ3n) is 8.91. The minimum absolute atomic E-state index is 0.0331. The van der Waals surface area contributed by atoms with Gasteiger partial charge in [-0.3, -0.25) is 13.8 Å². The van der Waals surface area contributed by atoms with E-state index in [1.165, 1.54) is 26.9 Å². The van der Waals surface area contributed by atoms with Gasteiger partial charge in [-0.25, -0.2) is 0 Å². The van der Waals surface area contributed by atoms with Gasteiger partial charge in [0.25, 0.3) is 5.56 Å². The predicted molar refractivity (Wildman–Crippen MR) is 184 cm³/mol. The molecule has 9 rings (SSSR count). The molecule has 0 spiro atoms. The van der Waals surface area contributed by atoms with Crippen molar-refractivity contribution in [3.8, 4) is 28.1 Å². The van der Waals surface area contributed by atoms with Gasteiger partial charge in [0, 0.05) is 5.56 Å². The molecule has 0 unspecified atom stereocenters. The molecule has 0 aliphatic heterocycles. The minimum Gasteiger partial charge on any atom is -0.294 e. The van der Waals surface area contributed by atoms with E-state index in [9.17, 15) is 4.79 Å². The average molecular weight is 563 g/mol. The Bertz CT molecular complexity index is 2580. The maximum absolute atomic E-state index is 14.5. The Labute approximate surface area is 253 Å². The molecule has 0 aliphatic rings. The molecule has 0 aliphatic carbocycles. The molecule has 9 aromatic rings. The number of hydrogen-bond donors (Lipinski definition) is 0. The number of fused-ring (bicyclic) bond motifs is 9. The summed E-state index contributed by atoms with van der Waals surface area (Å²) in [6.45, 7) is 0. The summed E-state index contributed by atoms with van der Waals surface area (Å²) in [4.78, 5) is 14.5. The van der Waals surface area contributed by atoms with Crippen molar-refractivity contribution in [1.29, 1.82) is 0 Å². The van der Waals surface area contributed by atoms with Crippen LogP contribution in [0.5, 0.6) is 0 Å². The van der Waals surface area contributed by atoms with E-state index < -0.39 is 0 Å². The van der Waals surface area contributed by atoms with Crippen LogP contribution in [0.4, 0.5) is 0 Å². The van der Waals surface area contributed by atoms with Crippen LogP contribution in [0.3, 0.4) is 0 Å². The lowest BCUT2D eigenvalue weighted by Gasteiger charge is -2.16. The van der Waals surface area contributed by atoms with Crippen molar-refractivity contribution in [3.63, 3.8) is 0 Å². The maximum atomic E-state index is 14.5. The Balaban J connectivity index is 1.46. The van der Waals surface area contributed by atoms with E-state index in [2.05, 4.69) is 132 Å². The Morgan fingerprint density at radius 1 is 0.409 bits per heavy atom. The van der Waals surface area contributed by atoms with Gasteiger partial charge < -0.3 is 0 Å². The van der Waals surface area contributed by atoms with Gasteiger partial charge in [-0.2, -0.15) is 0 Å². The fourth-order valence-electron chi connectivity index (χ4n) is 6.98. The smallest absolute Gasteiger partial charge is 0.266 e. The van der Waals surface area contributed by atoms with E-state index >= 15 is 0 Å². The van der Waals surface area contributed by atoms with E-state index in [4.69, 9.17) is 0 Å². The molecule has 3 heteroatoms. The van der Waals surface area contributed by atoms with Crippen molar-refractivity contribution in [2.75, 3.05) is 0 Å². The first-order valence-corrected chi connectivity index (χ1v) is 14.9. The third-order valence-corrected chi connectivity index (χ3v) is 8.91. The first-order chi connectivity index (χ1) is 21.8. The Kier molecular flexibility index (Phi) is 5.35. The number of hydrogen-bond acceptors (Lipinski definition) is 1. The van der Waals surface area contributed by atoms with E-state index in [-0.39, 0.29) is 5.56 Å². The summed E-state index contributed by atoms with van der Waals surface area (Å²) < 4.78 is 4.15. The zero-order chi connectivity index (χ0) is 29.2. The molecule has 0 amide bonds. The van der Waals surface area contributed by atoms with Crippen molar-refractivity contribution >= 4 is 48.9 Å². The van der Waals surface area contributed by atoms with Crippen molar-refractivity contribution in [2.45, 2.75) is 0 Å². The van der Waals surface area contributed by atoms with Crippen molar-refractivity contribution in [3.05, 3.63) is 168 Å². The summed E-state index contributed by atoms with van der Waals surface area (Å²) in [6, 6.07) is 54.6. The highest BCUT2D eigenvalue weighted by Gasteiger charge is 2.21. The summed E-state index contributed by atoms with van der Waals surface area (Å²) in [5.41, 5.74) is 6.88. The lowest BCUT2D eigenvalue weighted by atomic mass is 9.94. The average Bonchev–Trinajstić information content (AvgIpc) is 3.50. The topological polar surface area (TPSA) is 26.4 Å². The fraction of sp³-hybridized carbons (Fsp3) is 0. The van der Waals surface area contributed by atoms with Gasteiger partial charge >= 0.3 is 0 Å². The number of nitrogens with zero attached hydrogens (tertiary/aromatic N) is 2. The zero-order valence-electron chi connectivity index (χ0n) is 23.8. The Hall–Kier alpha value is -5.93. The normalized spacial score (nSPS) is 11.7. The molecule has 0 saturated carbocycles. The van der Waals surface area contributed by atoms with Crippen molar-refractivity contribution in [2.24, 2.45) is 0 Å². The fourth-order valence-corrected chi connectivity index (χ4v) is 6.98. The van der Waals surface area contributed by atoms with Gasteiger partial charge in [0.1, 0.15) is 5.65 Å². The molecular weight excluding hydrogens is 536 g/mol. The molecule has 2 aromatic heterocycles. The van der Waals surface area contributed by atoms with Gasteiger partial charge in [0.2, 0.25) is 0 Å². The molecule has 0 bridgehead atoms. The van der Waals surface area contributed by atoms with Gasteiger partial charge in [0.05, 0.1) is 22.3 Å². The largest absolute Gasteiger partial charge is 0.294 e. The van der Waals surface area contributed by atoms with Crippen LogP contribution < -0.4 is 5.56 Å². The van der Waals surface area contributed by atoms with E-state index in [0.29, 0.717) is 5.39 Å². The van der Waals surface area contributed by atoms with Crippen LogP contribution in [-0.4, -0.2) is 8.97 Å². The lowest BCUT2D eigenvalue weighted by Crippen LogP contribution is -2.21. The van der Waals surface area contributed by atoms with Crippen LogP contribution in [0.15, 0.2) is 163 Å². The monoisotopic (exact) mass is 562 g/mol. The SMILES string of the molecule is O=c1c2ccccc2n2c(-c3ccccc3)c(-c3ccccc3)cc2n1-c1ccc2c3ccccc3c3ccccc3c2c1. The van der Waals surface area contributed by atoms with Crippen LogP contribution >= 0.6 is 0 Å². The molecule has 0 radical (unpaired) electrons. The molecular formula is C41H26N2O. The van der Waals surface area contributed by atoms with Gasteiger partial charge in [-0.05, 0) is 73.8 Å². The van der Waals surface area contributed by atoms with Crippen molar-refractivity contribution < 1.29 is 0 Å².